The molecule has 4 heteroatoms. The standard InChI is InChI=1S/C62H115NO3/c1-3-5-7-9-11-13-15-17-19-21-23-24-25-26-27-28-29-30-31-32-33-34-35-36-37-38-40-42-44-46-48-50-52-54-56-58-62(66)63-60(59-64)61(65)57-55-53-51-49-47-45-43-41-39-22-20-18-16-14-12-10-8-6-4-2/h15,17,21,23,25-26,47,49,55,57,60-61,64-65H,3-14,16,18-20,22,24,27-46,48,50-54,56,58-59H2,1-2H3,(H,63,66)/b17-15-,23-21-,26-25-,49-47+,57-55+. The Labute approximate surface area is 413 Å². The molecule has 66 heavy (non-hydrogen) atoms. The molecule has 4 nitrogen and oxygen atoms in total. The van der Waals surface area contributed by atoms with Gasteiger partial charge in [0.1, 0.15) is 0 Å². The van der Waals surface area contributed by atoms with Crippen LogP contribution in [0.25, 0.3) is 0 Å². The van der Waals surface area contributed by atoms with Gasteiger partial charge in [-0.3, -0.25) is 4.79 Å². The van der Waals surface area contributed by atoms with Gasteiger partial charge in [-0.2, -0.15) is 0 Å². The Morgan fingerprint density at radius 1 is 0.364 bits per heavy atom. The highest BCUT2D eigenvalue weighted by Gasteiger charge is 2.18. The van der Waals surface area contributed by atoms with Crippen LogP contribution in [0, 0.1) is 0 Å². The molecule has 0 aliphatic rings. The minimum Gasteiger partial charge on any atom is -0.394 e. The van der Waals surface area contributed by atoms with E-state index in [2.05, 4.69) is 67.8 Å². The van der Waals surface area contributed by atoms with Gasteiger partial charge >= 0.3 is 0 Å². The van der Waals surface area contributed by atoms with Gasteiger partial charge in [-0.15, -0.1) is 0 Å². The second kappa shape index (κ2) is 57.4. The van der Waals surface area contributed by atoms with Gasteiger partial charge < -0.3 is 15.5 Å². The summed E-state index contributed by atoms with van der Waals surface area (Å²) >= 11 is 0. The molecular weight excluding hydrogens is 807 g/mol. The first-order valence-corrected chi connectivity index (χ1v) is 29.5. The molecule has 2 atom stereocenters. The minimum absolute atomic E-state index is 0.0701. The smallest absolute Gasteiger partial charge is 0.220 e. The van der Waals surface area contributed by atoms with E-state index in [-0.39, 0.29) is 12.5 Å². The van der Waals surface area contributed by atoms with Crippen molar-refractivity contribution in [3.05, 3.63) is 60.8 Å². The van der Waals surface area contributed by atoms with Gasteiger partial charge in [-0.1, -0.05) is 293 Å². The average molecular weight is 923 g/mol. The van der Waals surface area contributed by atoms with Crippen LogP contribution in [-0.4, -0.2) is 34.9 Å². The lowest BCUT2D eigenvalue weighted by Gasteiger charge is -2.19. The van der Waals surface area contributed by atoms with E-state index in [1.165, 1.54) is 244 Å². The zero-order valence-corrected chi connectivity index (χ0v) is 44.5. The molecule has 0 heterocycles. The molecule has 1 amide bonds. The first-order valence-electron chi connectivity index (χ1n) is 29.5. The van der Waals surface area contributed by atoms with Gasteiger partial charge in [0.2, 0.25) is 5.91 Å². The highest BCUT2D eigenvalue weighted by Crippen LogP contribution is 2.17. The molecule has 3 N–H and O–H groups in total. The third-order valence-electron chi connectivity index (χ3n) is 13.5. The Morgan fingerprint density at radius 2 is 0.636 bits per heavy atom. The molecule has 0 saturated carbocycles. The number of rotatable bonds is 54. The molecule has 0 aromatic heterocycles. The maximum absolute atomic E-state index is 12.5. The van der Waals surface area contributed by atoms with Crippen LogP contribution in [-0.2, 0) is 4.79 Å². The minimum atomic E-state index is -0.863. The predicted octanol–water partition coefficient (Wildman–Crippen LogP) is 19.6. The highest BCUT2D eigenvalue weighted by molar-refractivity contribution is 5.76. The quantitative estimate of drug-likeness (QED) is 0.0420. The van der Waals surface area contributed by atoms with Crippen LogP contribution >= 0.6 is 0 Å². The van der Waals surface area contributed by atoms with Gasteiger partial charge in [-0.25, -0.2) is 0 Å². The second-order valence-electron chi connectivity index (χ2n) is 20.1. The zero-order valence-electron chi connectivity index (χ0n) is 44.5. The number of hydrogen-bond acceptors (Lipinski definition) is 3. The fourth-order valence-corrected chi connectivity index (χ4v) is 8.97. The Bertz CT molecular complexity index is 1090. The summed E-state index contributed by atoms with van der Waals surface area (Å²) in [7, 11) is 0. The Kier molecular flexibility index (Phi) is 55.7. The number of hydrogen-bond donors (Lipinski definition) is 3. The van der Waals surface area contributed by atoms with Crippen molar-refractivity contribution in [2.45, 2.75) is 321 Å². The molecule has 0 aromatic rings. The first-order chi connectivity index (χ1) is 32.7. The summed E-state index contributed by atoms with van der Waals surface area (Å²) in [4.78, 5) is 12.5. The van der Waals surface area contributed by atoms with E-state index in [9.17, 15) is 15.0 Å². The lowest BCUT2D eigenvalue weighted by atomic mass is 10.0. The maximum atomic E-state index is 12.5. The normalized spacial score (nSPS) is 13.2. The monoisotopic (exact) mass is 922 g/mol. The van der Waals surface area contributed by atoms with E-state index in [1.807, 2.05) is 6.08 Å². The predicted molar refractivity (Wildman–Crippen MR) is 294 cm³/mol. The van der Waals surface area contributed by atoms with Crippen LogP contribution in [0.4, 0.5) is 0 Å². The van der Waals surface area contributed by atoms with E-state index < -0.39 is 12.1 Å². The van der Waals surface area contributed by atoms with Crippen molar-refractivity contribution in [2.75, 3.05) is 6.61 Å². The number of aliphatic hydroxyl groups is 2. The fraction of sp³-hybridized carbons (Fsp3) is 0.823. The first kappa shape index (κ1) is 64.1. The number of unbranched alkanes of at least 4 members (excludes halogenated alkanes) is 39. The van der Waals surface area contributed by atoms with Crippen LogP contribution in [0.15, 0.2) is 60.8 Å². The molecule has 0 bridgehead atoms. The number of amides is 1. The molecule has 0 aliphatic carbocycles. The Morgan fingerprint density at radius 3 is 0.985 bits per heavy atom. The molecule has 0 aliphatic heterocycles. The summed E-state index contributed by atoms with van der Waals surface area (Å²) in [5, 5.41) is 23.1. The molecule has 0 saturated heterocycles. The van der Waals surface area contributed by atoms with Crippen LogP contribution in [0.3, 0.4) is 0 Å². The van der Waals surface area contributed by atoms with Crippen molar-refractivity contribution in [3.63, 3.8) is 0 Å². The number of nitrogens with one attached hydrogen (secondary N) is 1. The van der Waals surface area contributed by atoms with Crippen LogP contribution in [0.1, 0.15) is 309 Å². The van der Waals surface area contributed by atoms with E-state index in [4.69, 9.17) is 0 Å². The Balaban J connectivity index is 3.48. The molecule has 0 radical (unpaired) electrons. The van der Waals surface area contributed by atoms with Crippen molar-refractivity contribution in [1.82, 2.24) is 5.32 Å². The largest absolute Gasteiger partial charge is 0.394 e. The van der Waals surface area contributed by atoms with Crippen molar-refractivity contribution in [2.24, 2.45) is 0 Å². The van der Waals surface area contributed by atoms with Gasteiger partial charge in [0, 0.05) is 6.42 Å². The van der Waals surface area contributed by atoms with Crippen molar-refractivity contribution < 1.29 is 15.0 Å². The second-order valence-corrected chi connectivity index (χ2v) is 20.1. The number of carbonyl (C=O) groups is 1. The molecule has 0 rings (SSSR count). The number of allylic oxidation sites excluding steroid dienone is 9. The number of aliphatic hydroxyl groups excluding tert-OH is 2. The summed E-state index contributed by atoms with van der Waals surface area (Å²) < 4.78 is 0. The van der Waals surface area contributed by atoms with E-state index >= 15 is 0 Å². The zero-order chi connectivity index (χ0) is 47.7. The van der Waals surface area contributed by atoms with Gasteiger partial charge in [0.25, 0.3) is 0 Å². The summed E-state index contributed by atoms with van der Waals surface area (Å²) in [6.07, 6.45) is 81.1. The van der Waals surface area contributed by atoms with Crippen molar-refractivity contribution in [1.29, 1.82) is 0 Å². The fourth-order valence-electron chi connectivity index (χ4n) is 8.97. The lowest BCUT2D eigenvalue weighted by Crippen LogP contribution is -2.45. The molecule has 2 unspecified atom stereocenters. The van der Waals surface area contributed by atoms with Crippen LogP contribution < -0.4 is 5.32 Å². The molecular formula is C62H115NO3. The van der Waals surface area contributed by atoms with Gasteiger partial charge in [0.05, 0.1) is 18.8 Å². The topological polar surface area (TPSA) is 69.6 Å². The Hall–Kier alpha value is -1.91. The van der Waals surface area contributed by atoms with Crippen LogP contribution in [0.2, 0.25) is 0 Å². The van der Waals surface area contributed by atoms with Crippen molar-refractivity contribution >= 4 is 5.91 Å². The maximum Gasteiger partial charge on any atom is 0.220 e. The molecule has 0 aromatic carbocycles. The van der Waals surface area contributed by atoms with Gasteiger partial charge in [0.15, 0.2) is 0 Å². The van der Waals surface area contributed by atoms with E-state index in [0.717, 1.165) is 44.9 Å². The van der Waals surface area contributed by atoms with Gasteiger partial charge in [-0.05, 0) is 70.6 Å². The molecule has 0 spiro atoms. The molecule has 0 fully saturated rings. The van der Waals surface area contributed by atoms with Crippen molar-refractivity contribution in [3.8, 4) is 0 Å². The van der Waals surface area contributed by atoms with E-state index in [0.29, 0.717) is 6.42 Å². The number of carbonyl (C=O) groups excluding carboxylic acids is 1. The molecule has 386 valence electrons. The summed E-state index contributed by atoms with van der Waals surface area (Å²) in [6.45, 7) is 4.31. The summed E-state index contributed by atoms with van der Waals surface area (Å²) in [5.41, 5.74) is 0. The lowest BCUT2D eigenvalue weighted by molar-refractivity contribution is -0.123. The third-order valence-corrected chi connectivity index (χ3v) is 13.5. The van der Waals surface area contributed by atoms with E-state index in [1.54, 1.807) is 6.08 Å². The third kappa shape index (κ3) is 53.1. The highest BCUT2D eigenvalue weighted by atomic mass is 16.3. The summed E-state index contributed by atoms with van der Waals surface area (Å²) in [6, 6.07) is -0.640. The SMILES string of the molecule is CCCCCCC/C=C\C/C=C\C/C=C\CCCCCCCCCCCCCCCCCCCCCCC(=O)NC(CO)C(O)/C=C/CC/C=C/CCCCCCCCCCCCCCC. The average Bonchev–Trinajstić information content (AvgIpc) is 3.32. The summed E-state index contributed by atoms with van der Waals surface area (Å²) in [5.74, 6) is -0.0701. The van der Waals surface area contributed by atoms with Crippen LogP contribution in [0.5, 0.6) is 0 Å².